The summed E-state index contributed by atoms with van der Waals surface area (Å²) in [5, 5.41) is 6.17. The minimum absolute atomic E-state index is 0.167. The lowest BCUT2D eigenvalue weighted by Gasteiger charge is -2.15. The summed E-state index contributed by atoms with van der Waals surface area (Å²) in [6.45, 7) is 0.792. The van der Waals surface area contributed by atoms with E-state index in [0.717, 1.165) is 12.1 Å². The highest BCUT2D eigenvalue weighted by Gasteiger charge is 2.07. The lowest BCUT2D eigenvalue weighted by atomic mass is 10.1. The number of hydrogen-bond acceptors (Lipinski definition) is 2. The standard InChI is InChI=1S/C10H15FN2/c1-12-7-10(13-2)8-4-3-5-9(11)6-8/h3-6,10,12-13H,7H2,1-2H3. The van der Waals surface area contributed by atoms with Crippen molar-refractivity contribution >= 4 is 0 Å². The van der Waals surface area contributed by atoms with Gasteiger partial charge in [-0.25, -0.2) is 4.39 Å². The fourth-order valence-corrected chi connectivity index (χ4v) is 1.31. The Kier molecular flexibility index (Phi) is 3.86. The summed E-state index contributed by atoms with van der Waals surface area (Å²) in [6, 6.07) is 6.82. The molecule has 0 bridgehead atoms. The molecule has 0 saturated heterocycles. The van der Waals surface area contributed by atoms with Gasteiger partial charge in [0.15, 0.2) is 0 Å². The van der Waals surface area contributed by atoms with E-state index >= 15 is 0 Å². The van der Waals surface area contributed by atoms with Crippen LogP contribution in [-0.4, -0.2) is 20.6 Å². The van der Waals surface area contributed by atoms with Crippen molar-refractivity contribution in [1.29, 1.82) is 0 Å². The highest BCUT2D eigenvalue weighted by molar-refractivity contribution is 5.20. The van der Waals surface area contributed by atoms with Crippen LogP contribution in [0.3, 0.4) is 0 Å². The maximum atomic E-state index is 12.9. The van der Waals surface area contributed by atoms with Gasteiger partial charge in [0.05, 0.1) is 0 Å². The van der Waals surface area contributed by atoms with E-state index in [9.17, 15) is 4.39 Å². The minimum Gasteiger partial charge on any atom is -0.318 e. The third kappa shape index (κ3) is 2.79. The number of benzene rings is 1. The van der Waals surface area contributed by atoms with Crippen LogP contribution in [0.25, 0.3) is 0 Å². The molecule has 0 aliphatic heterocycles. The Balaban J connectivity index is 2.78. The summed E-state index contributed by atoms with van der Waals surface area (Å²) in [5.74, 6) is -0.186. The highest BCUT2D eigenvalue weighted by atomic mass is 19.1. The number of nitrogens with one attached hydrogen (secondary N) is 2. The van der Waals surface area contributed by atoms with Crippen LogP contribution in [0.4, 0.5) is 4.39 Å². The predicted octanol–water partition coefficient (Wildman–Crippen LogP) is 1.31. The van der Waals surface area contributed by atoms with Crippen LogP contribution in [0.1, 0.15) is 11.6 Å². The molecule has 2 nitrogen and oxygen atoms in total. The van der Waals surface area contributed by atoms with Crippen LogP contribution in [0, 0.1) is 5.82 Å². The van der Waals surface area contributed by atoms with Gasteiger partial charge < -0.3 is 10.6 Å². The van der Waals surface area contributed by atoms with Crippen molar-refractivity contribution in [3.8, 4) is 0 Å². The Morgan fingerprint density at radius 2 is 2.15 bits per heavy atom. The Morgan fingerprint density at radius 1 is 1.38 bits per heavy atom. The molecule has 0 heterocycles. The number of halogens is 1. The largest absolute Gasteiger partial charge is 0.318 e. The second-order valence-electron chi connectivity index (χ2n) is 2.95. The van der Waals surface area contributed by atoms with Gasteiger partial charge in [0, 0.05) is 12.6 Å². The Morgan fingerprint density at radius 3 is 2.69 bits per heavy atom. The van der Waals surface area contributed by atoms with Gasteiger partial charge in [0.1, 0.15) is 5.82 Å². The summed E-state index contributed by atoms with van der Waals surface area (Å²) in [7, 11) is 3.75. The van der Waals surface area contributed by atoms with Gasteiger partial charge >= 0.3 is 0 Å². The first-order valence-electron chi connectivity index (χ1n) is 4.35. The molecule has 0 aliphatic rings. The normalized spacial score (nSPS) is 12.8. The molecule has 0 spiro atoms. The first-order valence-corrected chi connectivity index (χ1v) is 4.35. The molecule has 3 heteroatoms. The molecular formula is C10H15FN2. The third-order valence-corrected chi connectivity index (χ3v) is 2.01. The van der Waals surface area contributed by atoms with Gasteiger partial charge in [0.2, 0.25) is 0 Å². The SMILES string of the molecule is CNCC(NC)c1cccc(F)c1. The quantitative estimate of drug-likeness (QED) is 0.733. The van der Waals surface area contributed by atoms with E-state index in [1.807, 2.05) is 20.2 Å². The van der Waals surface area contributed by atoms with Gasteiger partial charge in [0.25, 0.3) is 0 Å². The van der Waals surface area contributed by atoms with Gasteiger partial charge in [-0.05, 0) is 31.8 Å². The van der Waals surface area contributed by atoms with E-state index in [1.165, 1.54) is 6.07 Å². The maximum absolute atomic E-state index is 12.9. The van der Waals surface area contributed by atoms with Crippen molar-refractivity contribution in [2.24, 2.45) is 0 Å². The monoisotopic (exact) mass is 182 g/mol. The number of likely N-dealkylation sites (N-methyl/N-ethyl adjacent to an activating group) is 2. The molecule has 1 unspecified atom stereocenters. The van der Waals surface area contributed by atoms with Crippen LogP contribution >= 0.6 is 0 Å². The van der Waals surface area contributed by atoms with Crippen molar-refractivity contribution in [2.45, 2.75) is 6.04 Å². The van der Waals surface area contributed by atoms with E-state index in [1.54, 1.807) is 12.1 Å². The molecule has 13 heavy (non-hydrogen) atoms. The lowest BCUT2D eigenvalue weighted by molar-refractivity contribution is 0.550. The molecule has 1 atom stereocenters. The summed E-state index contributed by atoms with van der Waals surface area (Å²) in [5.41, 5.74) is 0.969. The zero-order chi connectivity index (χ0) is 9.68. The van der Waals surface area contributed by atoms with Gasteiger partial charge in [-0.15, -0.1) is 0 Å². The van der Waals surface area contributed by atoms with Gasteiger partial charge in [-0.3, -0.25) is 0 Å². The van der Waals surface area contributed by atoms with Crippen molar-refractivity contribution in [2.75, 3.05) is 20.6 Å². The maximum Gasteiger partial charge on any atom is 0.123 e. The van der Waals surface area contributed by atoms with E-state index in [4.69, 9.17) is 0 Å². The number of hydrogen-bond donors (Lipinski definition) is 2. The second kappa shape index (κ2) is 4.94. The molecule has 72 valence electrons. The van der Waals surface area contributed by atoms with Crippen molar-refractivity contribution in [3.05, 3.63) is 35.6 Å². The lowest BCUT2D eigenvalue weighted by Crippen LogP contribution is -2.27. The first kappa shape index (κ1) is 10.2. The second-order valence-corrected chi connectivity index (χ2v) is 2.95. The first-order chi connectivity index (χ1) is 6.27. The predicted molar refractivity (Wildman–Crippen MR) is 52.1 cm³/mol. The third-order valence-electron chi connectivity index (χ3n) is 2.01. The molecule has 1 rings (SSSR count). The Hall–Kier alpha value is -0.930. The van der Waals surface area contributed by atoms with E-state index in [-0.39, 0.29) is 11.9 Å². The van der Waals surface area contributed by atoms with Crippen LogP contribution in [-0.2, 0) is 0 Å². The minimum atomic E-state index is -0.186. The Bertz CT molecular complexity index is 263. The van der Waals surface area contributed by atoms with E-state index < -0.39 is 0 Å². The summed E-state index contributed by atoms with van der Waals surface area (Å²) in [4.78, 5) is 0. The summed E-state index contributed by atoms with van der Waals surface area (Å²) < 4.78 is 12.9. The van der Waals surface area contributed by atoms with Crippen molar-refractivity contribution < 1.29 is 4.39 Å². The topological polar surface area (TPSA) is 24.1 Å². The molecule has 0 saturated carbocycles. The van der Waals surface area contributed by atoms with Crippen molar-refractivity contribution in [1.82, 2.24) is 10.6 Å². The van der Waals surface area contributed by atoms with Crippen LogP contribution in [0.2, 0.25) is 0 Å². The van der Waals surface area contributed by atoms with Gasteiger partial charge in [-0.2, -0.15) is 0 Å². The number of rotatable bonds is 4. The van der Waals surface area contributed by atoms with Crippen LogP contribution in [0.5, 0.6) is 0 Å². The molecule has 0 amide bonds. The molecule has 0 fully saturated rings. The van der Waals surface area contributed by atoms with Crippen LogP contribution < -0.4 is 10.6 Å². The summed E-state index contributed by atoms with van der Waals surface area (Å²) >= 11 is 0. The van der Waals surface area contributed by atoms with Crippen LogP contribution in [0.15, 0.2) is 24.3 Å². The molecule has 2 N–H and O–H groups in total. The summed E-state index contributed by atoms with van der Waals surface area (Å²) in [6.07, 6.45) is 0. The molecule has 0 aliphatic carbocycles. The highest BCUT2D eigenvalue weighted by Crippen LogP contribution is 2.12. The van der Waals surface area contributed by atoms with E-state index in [2.05, 4.69) is 10.6 Å². The molecule has 0 aromatic heterocycles. The van der Waals surface area contributed by atoms with E-state index in [0.29, 0.717) is 0 Å². The average Bonchev–Trinajstić information content (AvgIpc) is 2.14. The Labute approximate surface area is 78.2 Å². The fraction of sp³-hybridized carbons (Fsp3) is 0.400. The smallest absolute Gasteiger partial charge is 0.123 e. The van der Waals surface area contributed by atoms with Gasteiger partial charge in [-0.1, -0.05) is 12.1 Å². The molecule has 0 radical (unpaired) electrons. The molecular weight excluding hydrogens is 167 g/mol. The molecule has 1 aromatic carbocycles. The fourth-order valence-electron chi connectivity index (χ4n) is 1.31. The zero-order valence-electron chi connectivity index (χ0n) is 7.97. The zero-order valence-corrected chi connectivity index (χ0v) is 7.97. The van der Waals surface area contributed by atoms with Crippen molar-refractivity contribution in [3.63, 3.8) is 0 Å². The average molecular weight is 182 g/mol. The molecule has 1 aromatic rings.